The molecule has 206 valence electrons. The fourth-order valence-corrected chi connectivity index (χ4v) is 6.60. The summed E-state index contributed by atoms with van der Waals surface area (Å²) in [5.74, 6) is 1.63. The molecule has 0 N–H and O–H groups in total. The molecule has 0 unspecified atom stereocenters. The SMILES string of the molecule is C=C/C(=C\N=C(/C)N1CCC2(CC1)CN(C(=O)C1CCCC1)C2)c1cc(-c2cnn(C)c2)cn2ncc(C#N)c12. The van der Waals surface area contributed by atoms with Gasteiger partial charge in [-0.1, -0.05) is 25.5 Å². The Morgan fingerprint density at radius 1 is 1.12 bits per heavy atom. The smallest absolute Gasteiger partial charge is 0.225 e. The number of aliphatic imine (C=N–C) groups is 1. The number of hydrogen-bond acceptors (Lipinski definition) is 5. The summed E-state index contributed by atoms with van der Waals surface area (Å²) in [7, 11) is 1.89. The van der Waals surface area contributed by atoms with Gasteiger partial charge in [0, 0.05) is 85.4 Å². The van der Waals surface area contributed by atoms with Gasteiger partial charge in [0.05, 0.1) is 23.5 Å². The van der Waals surface area contributed by atoms with E-state index in [-0.39, 0.29) is 11.3 Å². The van der Waals surface area contributed by atoms with E-state index in [2.05, 4.69) is 32.6 Å². The van der Waals surface area contributed by atoms with E-state index in [1.54, 1.807) is 21.5 Å². The molecule has 2 aliphatic heterocycles. The molecule has 9 heteroatoms. The van der Waals surface area contributed by atoms with Gasteiger partial charge in [0.2, 0.25) is 5.91 Å². The Hall–Kier alpha value is -4.19. The zero-order valence-corrected chi connectivity index (χ0v) is 23.4. The highest BCUT2D eigenvalue weighted by atomic mass is 16.2. The zero-order valence-electron chi connectivity index (χ0n) is 23.4. The number of nitrogens with zero attached hydrogens (tertiary/aromatic N) is 8. The molecule has 6 rings (SSSR count). The molecule has 1 spiro atoms. The van der Waals surface area contributed by atoms with Crippen LogP contribution in [0.2, 0.25) is 0 Å². The number of pyridine rings is 1. The Morgan fingerprint density at radius 2 is 1.88 bits per heavy atom. The Kier molecular flexibility index (Phi) is 6.78. The third kappa shape index (κ3) is 4.72. The second-order valence-electron chi connectivity index (χ2n) is 11.6. The lowest BCUT2D eigenvalue weighted by molar-refractivity contribution is -0.150. The van der Waals surface area contributed by atoms with Crippen LogP contribution in [0.4, 0.5) is 0 Å². The van der Waals surface area contributed by atoms with Gasteiger partial charge < -0.3 is 9.80 Å². The number of amidine groups is 1. The van der Waals surface area contributed by atoms with Crippen LogP contribution in [-0.4, -0.2) is 67.1 Å². The third-order valence-electron chi connectivity index (χ3n) is 9.04. The molecule has 1 amide bonds. The van der Waals surface area contributed by atoms with Gasteiger partial charge in [0.15, 0.2) is 0 Å². The molecule has 3 aromatic heterocycles. The highest BCUT2D eigenvalue weighted by molar-refractivity contribution is 5.90. The first kappa shape index (κ1) is 26.1. The summed E-state index contributed by atoms with van der Waals surface area (Å²) in [6.45, 7) is 9.83. The van der Waals surface area contributed by atoms with Crippen LogP contribution < -0.4 is 0 Å². The molecule has 9 nitrogen and oxygen atoms in total. The minimum Gasteiger partial charge on any atom is -0.360 e. The number of fused-ring (bicyclic) bond motifs is 1. The first-order valence-corrected chi connectivity index (χ1v) is 14.2. The van der Waals surface area contributed by atoms with Crippen LogP contribution in [0, 0.1) is 22.7 Å². The summed E-state index contributed by atoms with van der Waals surface area (Å²) in [6, 6.07) is 4.31. The second kappa shape index (κ2) is 10.4. The lowest BCUT2D eigenvalue weighted by Crippen LogP contribution is -2.62. The molecule has 3 aromatic rings. The van der Waals surface area contributed by atoms with Gasteiger partial charge >= 0.3 is 0 Å². The maximum Gasteiger partial charge on any atom is 0.225 e. The highest BCUT2D eigenvalue weighted by Crippen LogP contribution is 2.42. The quantitative estimate of drug-likeness (QED) is 0.268. The summed E-state index contributed by atoms with van der Waals surface area (Å²) in [6.07, 6.45) is 17.6. The Labute approximate surface area is 235 Å². The number of piperidine rings is 1. The van der Waals surface area contributed by atoms with E-state index in [4.69, 9.17) is 4.99 Å². The predicted molar refractivity (Wildman–Crippen MR) is 155 cm³/mol. The number of likely N-dealkylation sites (tertiary alicyclic amines) is 2. The van der Waals surface area contributed by atoms with Crippen molar-refractivity contribution in [3.63, 3.8) is 0 Å². The predicted octanol–water partition coefficient (Wildman–Crippen LogP) is 4.67. The van der Waals surface area contributed by atoms with Crippen molar-refractivity contribution < 1.29 is 4.79 Å². The van der Waals surface area contributed by atoms with Gasteiger partial charge in [-0.2, -0.15) is 15.5 Å². The van der Waals surface area contributed by atoms with Crippen molar-refractivity contribution in [3.8, 4) is 17.2 Å². The zero-order chi connectivity index (χ0) is 27.9. The first-order chi connectivity index (χ1) is 19.4. The van der Waals surface area contributed by atoms with E-state index in [9.17, 15) is 10.1 Å². The lowest BCUT2D eigenvalue weighted by Gasteiger charge is -2.54. The number of aryl methyl sites for hydroxylation is 1. The van der Waals surface area contributed by atoms with Crippen LogP contribution in [0.15, 0.2) is 54.7 Å². The van der Waals surface area contributed by atoms with Crippen LogP contribution in [0.3, 0.4) is 0 Å². The first-order valence-electron chi connectivity index (χ1n) is 14.2. The molecule has 3 aliphatic rings. The average molecular weight is 537 g/mol. The minimum absolute atomic E-state index is 0.274. The van der Waals surface area contributed by atoms with E-state index < -0.39 is 0 Å². The fourth-order valence-electron chi connectivity index (χ4n) is 6.60. The van der Waals surface area contributed by atoms with Gasteiger partial charge in [-0.25, -0.2) is 9.51 Å². The van der Waals surface area contributed by atoms with Gasteiger partial charge in [0.1, 0.15) is 11.9 Å². The van der Waals surface area contributed by atoms with Crippen LogP contribution in [-0.2, 0) is 11.8 Å². The maximum atomic E-state index is 12.8. The molecule has 0 radical (unpaired) electrons. The minimum atomic E-state index is 0.274. The second-order valence-corrected chi connectivity index (χ2v) is 11.6. The van der Waals surface area contributed by atoms with E-state index in [0.717, 1.165) is 85.5 Å². The average Bonchev–Trinajstić information content (AvgIpc) is 3.72. The maximum absolute atomic E-state index is 12.8. The van der Waals surface area contributed by atoms with E-state index in [1.807, 2.05) is 44.8 Å². The van der Waals surface area contributed by atoms with Crippen molar-refractivity contribution in [2.75, 3.05) is 26.2 Å². The van der Waals surface area contributed by atoms with Crippen molar-refractivity contribution in [2.24, 2.45) is 23.4 Å². The summed E-state index contributed by atoms with van der Waals surface area (Å²) >= 11 is 0. The number of amides is 1. The molecule has 0 aromatic carbocycles. The van der Waals surface area contributed by atoms with Gasteiger partial charge in [-0.15, -0.1) is 0 Å². The third-order valence-corrected chi connectivity index (χ3v) is 9.04. The largest absolute Gasteiger partial charge is 0.360 e. The summed E-state index contributed by atoms with van der Waals surface area (Å²) in [5.41, 5.74) is 5.09. The number of allylic oxidation sites excluding steroid dienone is 2. The fraction of sp³-hybridized carbons (Fsp3) is 0.452. The Morgan fingerprint density at radius 3 is 2.52 bits per heavy atom. The summed E-state index contributed by atoms with van der Waals surface area (Å²) < 4.78 is 3.51. The number of aromatic nitrogens is 4. The van der Waals surface area contributed by atoms with Crippen LogP contribution in [0.1, 0.15) is 56.6 Å². The number of rotatable bonds is 5. The number of carbonyl (C=O) groups excluding carboxylic acids is 1. The van der Waals surface area contributed by atoms with Gasteiger partial charge in [-0.3, -0.25) is 9.48 Å². The molecule has 0 bridgehead atoms. The molecule has 40 heavy (non-hydrogen) atoms. The number of carbonyl (C=O) groups is 1. The van der Waals surface area contributed by atoms with E-state index in [0.29, 0.717) is 11.5 Å². The van der Waals surface area contributed by atoms with Gasteiger partial charge in [-0.05, 0) is 38.7 Å². The van der Waals surface area contributed by atoms with Crippen LogP contribution in [0.5, 0.6) is 0 Å². The van der Waals surface area contributed by atoms with Crippen molar-refractivity contribution in [2.45, 2.75) is 45.4 Å². The normalized spacial score (nSPS) is 19.7. The van der Waals surface area contributed by atoms with Gasteiger partial charge in [0.25, 0.3) is 0 Å². The molecular formula is C31H36N8O. The molecule has 1 aliphatic carbocycles. The monoisotopic (exact) mass is 536 g/mol. The molecule has 2 saturated heterocycles. The van der Waals surface area contributed by atoms with Crippen LogP contribution in [0.25, 0.3) is 22.2 Å². The summed E-state index contributed by atoms with van der Waals surface area (Å²) in [5, 5.41) is 18.5. The van der Waals surface area contributed by atoms with Crippen molar-refractivity contribution in [3.05, 3.63) is 60.8 Å². The lowest BCUT2D eigenvalue weighted by atomic mass is 9.71. The van der Waals surface area contributed by atoms with Crippen molar-refractivity contribution in [1.29, 1.82) is 5.26 Å². The number of nitriles is 1. The highest BCUT2D eigenvalue weighted by Gasteiger charge is 2.47. The molecule has 0 atom stereocenters. The molecule has 1 saturated carbocycles. The van der Waals surface area contributed by atoms with E-state index in [1.165, 1.54) is 12.8 Å². The molecular weight excluding hydrogens is 500 g/mol. The Bertz CT molecular complexity index is 1550. The molecule has 5 heterocycles. The van der Waals surface area contributed by atoms with Crippen molar-refractivity contribution in [1.82, 2.24) is 29.2 Å². The van der Waals surface area contributed by atoms with E-state index >= 15 is 0 Å². The summed E-state index contributed by atoms with van der Waals surface area (Å²) in [4.78, 5) is 22.1. The number of hydrogen-bond donors (Lipinski definition) is 0. The van der Waals surface area contributed by atoms with Crippen molar-refractivity contribution >= 4 is 22.8 Å². The molecule has 3 fully saturated rings. The standard InChI is InChI=1S/C31H36N8O/c1-4-23(28-13-25(27-17-34-36(3)18-27)19-39-29(28)26(14-32)16-35-39)15-33-22(2)37-11-9-31(10-12-37)20-38(21-31)30(40)24-7-5-6-8-24/h4,13,15-19,24H,1,5-12,20-21H2,2-3H3/b23-15+,33-22+. The topological polar surface area (TPSA) is 94.8 Å². The Balaban J connectivity index is 1.19. The van der Waals surface area contributed by atoms with Crippen LogP contribution >= 0.6 is 0 Å².